The average molecular weight is 430 g/mol. The number of morpholine rings is 1. The van der Waals surface area contributed by atoms with E-state index >= 15 is 0 Å². The van der Waals surface area contributed by atoms with Crippen LogP contribution in [0.15, 0.2) is 18.2 Å². The highest BCUT2D eigenvalue weighted by Gasteiger charge is 2.44. The molecule has 0 aromatic heterocycles. The number of benzene rings is 1. The van der Waals surface area contributed by atoms with Gasteiger partial charge in [0.05, 0.1) is 20.3 Å². The maximum atomic E-state index is 13.1. The first kappa shape index (κ1) is 22.4. The molecule has 1 aromatic rings. The zero-order valence-corrected chi connectivity index (χ0v) is 19.6. The van der Waals surface area contributed by atoms with Gasteiger partial charge >= 0.3 is 0 Å². The van der Waals surface area contributed by atoms with Crippen LogP contribution in [-0.2, 0) is 16.1 Å². The zero-order chi connectivity index (χ0) is 21.8. The molecule has 3 heterocycles. The summed E-state index contributed by atoms with van der Waals surface area (Å²) in [5, 5.41) is 0. The Hall–Kier alpha value is -1.79. The Bertz CT molecular complexity index is 756. The minimum Gasteiger partial charge on any atom is -0.496 e. The lowest BCUT2D eigenvalue weighted by Crippen LogP contribution is -2.47. The summed E-state index contributed by atoms with van der Waals surface area (Å²) in [7, 11) is 3.75. The van der Waals surface area contributed by atoms with Gasteiger partial charge in [0.2, 0.25) is 5.91 Å². The van der Waals surface area contributed by atoms with E-state index in [1.165, 1.54) is 17.7 Å². The van der Waals surface area contributed by atoms with Gasteiger partial charge in [-0.1, -0.05) is 19.4 Å². The molecule has 3 fully saturated rings. The van der Waals surface area contributed by atoms with Crippen molar-refractivity contribution in [1.82, 2.24) is 9.80 Å². The van der Waals surface area contributed by atoms with Gasteiger partial charge < -0.3 is 19.3 Å². The van der Waals surface area contributed by atoms with Crippen LogP contribution in [-0.4, -0.2) is 75.8 Å². The summed E-state index contributed by atoms with van der Waals surface area (Å²) >= 11 is 0. The highest BCUT2D eigenvalue weighted by molar-refractivity contribution is 5.82. The first-order valence-corrected chi connectivity index (χ1v) is 12.0. The van der Waals surface area contributed by atoms with Crippen LogP contribution in [0.25, 0.3) is 0 Å². The second kappa shape index (κ2) is 9.78. The van der Waals surface area contributed by atoms with E-state index in [0.29, 0.717) is 11.8 Å². The van der Waals surface area contributed by atoms with Crippen LogP contribution < -0.4 is 9.64 Å². The molecule has 0 N–H and O–H groups in total. The molecule has 0 bridgehead atoms. The quantitative estimate of drug-likeness (QED) is 0.718. The first-order valence-electron chi connectivity index (χ1n) is 12.0. The Labute approximate surface area is 187 Å². The molecule has 0 aliphatic carbocycles. The number of anilines is 1. The maximum absolute atomic E-state index is 13.1. The molecule has 31 heavy (non-hydrogen) atoms. The molecule has 1 amide bonds. The normalized spacial score (nSPS) is 26.7. The zero-order valence-electron chi connectivity index (χ0n) is 19.6. The predicted octanol–water partition coefficient (Wildman–Crippen LogP) is 3.39. The van der Waals surface area contributed by atoms with Gasteiger partial charge in [0.25, 0.3) is 0 Å². The number of carbonyl (C=O) groups is 1. The van der Waals surface area contributed by atoms with Crippen molar-refractivity contribution in [2.45, 2.75) is 45.6 Å². The van der Waals surface area contributed by atoms with E-state index in [4.69, 9.17) is 9.47 Å². The molecule has 3 aliphatic rings. The van der Waals surface area contributed by atoms with Gasteiger partial charge in [-0.25, -0.2) is 0 Å². The van der Waals surface area contributed by atoms with Crippen molar-refractivity contribution >= 4 is 11.6 Å². The molecule has 1 atom stereocenters. The minimum absolute atomic E-state index is 0.186. The molecular formula is C25H39N3O3. The minimum atomic E-state index is -0.186. The summed E-state index contributed by atoms with van der Waals surface area (Å²) < 4.78 is 11.2. The lowest BCUT2D eigenvalue weighted by atomic mass is 9.69. The third-order valence-electron chi connectivity index (χ3n) is 7.80. The number of ether oxygens (including phenoxy) is 2. The number of carbonyl (C=O) groups excluding carboxylic acids is 1. The monoisotopic (exact) mass is 429 g/mol. The van der Waals surface area contributed by atoms with Crippen LogP contribution in [0.1, 0.15) is 44.6 Å². The third kappa shape index (κ3) is 4.85. The van der Waals surface area contributed by atoms with Gasteiger partial charge in [-0.2, -0.15) is 0 Å². The van der Waals surface area contributed by atoms with Gasteiger partial charge in [0.15, 0.2) is 0 Å². The number of amides is 1. The maximum Gasteiger partial charge on any atom is 0.228 e. The van der Waals surface area contributed by atoms with Crippen molar-refractivity contribution in [3.8, 4) is 5.75 Å². The highest BCUT2D eigenvalue weighted by atomic mass is 16.5. The number of likely N-dealkylation sites (tertiary alicyclic amines) is 2. The summed E-state index contributed by atoms with van der Waals surface area (Å²) in [4.78, 5) is 19.9. The lowest BCUT2D eigenvalue weighted by molar-refractivity contribution is -0.143. The second-order valence-corrected chi connectivity index (χ2v) is 9.75. The molecule has 1 aromatic carbocycles. The standard InChI is InChI=1S/C25H39N3O3/c1-25(10-4-5-11-26(2)24(25)29)21-8-12-27(13-9-21)19-20-6-7-22(18-23(20)30-3)28-14-16-31-17-15-28/h6-7,18,21H,4-5,8-17,19H2,1-3H3/t25-/m1/s1. The molecule has 3 saturated heterocycles. The molecule has 0 saturated carbocycles. The van der Waals surface area contributed by atoms with Crippen LogP contribution in [0.4, 0.5) is 5.69 Å². The van der Waals surface area contributed by atoms with E-state index in [1.807, 2.05) is 11.9 Å². The Morgan fingerprint density at radius 1 is 1.10 bits per heavy atom. The van der Waals surface area contributed by atoms with Crippen molar-refractivity contribution < 1.29 is 14.3 Å². The van der Waals surface area contributed by atoms with E-state index in [1.54, 1.807) is 7.11 Å². The van der Waals surface area contributed by atoms with Crippen LogP contribution in [0, 0.1) is 11.3 Å². The largest absolute Gasteiger partial charge is 0.496 e. The molecule has 0 spiro atoms. The predicted molar refractivity (Wildman–Crippen MR) is 124 cm³/mol. The molecule has 172 valence electrons. The smallest absolute Gasteiger partial charge is 0.228 e. The van der Waals surface area contributed by atoms with Gasteiger partial charge in [0.1, 0.15) is 5.75 Å². The van der Waals surface area contributed by atoms with Gasteiger partial charge in [-0.15, -0.1) is 0 Å². The molecule has 4 rings (SSSR count). The number of rotatable bonds is 5. The van der Waals surface area contributed by atoms with Crippen LogP contribution in [0.3, 0.4) is 0 Å². The van der Waals surface area contributed by atoms with E-state index in [-0.39, 0.29) is 5.41 Å². The van der Waals surface area contributed by atoms with Gasteiger partial charge in [-0.05, 0) is 50.8 Å². The van der Waals surface area contributed by atoms with Crippen molar-refractivity contribution in [2.75, 3.05) is 65.0 Å². The average Bonchev–Trinajstić information content (AvgIpc) is 2.94. The Kier molecular flexibility index (Phi) is 7.07. The topological polar surface area (TPSA) is 45.3 Å². The van der Waals surface area contributed by atoms with Crippen molar-refractivity contribution in [2.24, 2.45) is 11.3 Å². The summed E-state index contributed by atoms with van der Waals surface area (Å²) in [5.74, 6) is 1.82. The Balaban J connectivity index is 1.38. The highest BCUT2D eigenvalue weighted by Crippen LogP contribution is 2.42. The number of methoxy groups -OCH3 is 1. The Morgan fingerprint density at radius 2 is 1.84 bits per heavy atom. The van der Waals surface area contributed by atoms with E-state index in [2.05, 4.69) is 34.9 Å². The number of hydrogen-bond donors (Lipinski definition) is 0. The van der Waals surface area contributed by atoms with E-state index in [9.17, 15) is 4.79 Å². The summed E-state index contributed by atoms with van der Waals surface area (Å²) in [6.45, 7) is 9.58. The molecular weight excluding hydrogens is 390 g/mol. The summed E-state index contributed by atoms with van der Waals surface area (Å²) in [5.41, 5.74) is 2.27. The molecule has 6 heteroatoms. The fraction of sp³-hybridized carbons (Fsp3) is 0.720. The number of piperidine rings is 1. The third-order valence-corrected chi connectivity index (χ3v) is 7.80. The van der Waals surface area contributed by atoms with Gasteiger partial charge in [0, 0.05) is 56.0 Å². The number of hydrogen-bond acceptors (Lipinski definition) is 5. The van der Waals surface area contributed by atoms with E-state index < -0.39 is 0 Å². The van der Waals surface area contributed by atoms with Crippen LogP contribution in [0.2, 0.25) is 0 Å². The summed E-state index contributed by atoms with van der Waals surface area (Å²) in [6, 6.07) is 6.62. The SMILES string of the molecule is COc1cc(N2CCOCC2)ccc1CN1CCC([C@@]2(C)CCCCN(C)C2=O)CC1. The molecule has 3 aliphatic heterocycles. The van der Waals surface area contributed by atoms with Gasteiger partial charge in [-0.3, -0.25) is 9.69 Å². The van der Waals surface area contributed by atoms with Crippen LogP contribution >= 0.6 is 0 Å². The summed E-state index contributed by atoms with van der Waals surface area (Å²) in [6.07, 6.45) is 5.54. The number of nitrogens with zero attached hydrogens (tertiary/aromatic N) is 3. The fourth-order valence-electron chi connectivity index (χ4n) is 5.72. The molecule has 6 nitrogen and oxygen atoms in total. The van der Waals surface area contributed by atoms with E-state index in [0.717, 1.165) is 83.9 Å². The Morgan fingerprint density at radius 3 is 2.55 bits per heavy atom. The molecule has 0 radical (unpaired) electrons. The fourth-order valence-corrected chi connectivity index (χ4v) is 5.72. The molecule has 0 unspecified atom stereocenters. The second-order valence-electron chi connectivity index (χ2n) is 9.75. The van der Waals surface area contributed by atoms with Crippen molar-refractivity contribution in [3.63, 3.8) is 0 Å². The first-order chi connectivity index (χ1) is 15.0. The van der Waals surface area contributed by atoms with Crippen molar-refractivity contribution in [3.05, 3.63) is 23.8 Å². The lowest BCUT2D eigenvalue weighted by Gasteiger charge is -2.42. The van der Waals surface area contributed by atoms with Crippen LogP contribution in [0.5, 0.6) is 5.75 Å². The van der Waals surface area contributed by atoms with Crippen molar-refractivity contribution in [1.29, 1.82) is 0 Å².